The van der Waals surface area contributed by atoms with Gasteiger partial charge in [-0.2, -0.15) is 5.10 Å². The molecule has 5 nitrogen and oxygen atoms in total. The molecular weight excluding hydrogens is 352 g/mol. The van der Waals surface area contributed by atoms with E-state index in [0.29, 0.717) is 22.8 Å². The Balaban J connectivity index is 1.45. The quantitative estimate of drug-likeness (QED) is 0.387. The average Bonchev–Trinajstić information content (AvgIpc) is 3.16. The molecule has 0 spiro atoms. The lowest BCUT2D eigenvalue weighted by Gasteiger charge is -2.25. The maximum Gasteiger partial charge on any atom is 0.308 e. The van der Waals surface area contributed by atoms with Crippen molar-refractivity contribution in [3.63, 3.8) is 0 Å². The normalized spacial score (nSPS) is 15.7. The molecule has 4 rings (SSSR count). The van der Waals surface area contributed by atoms with Crippen molar-refractivity contribution in [2.75, 3.05) is 0 Å². The number of carbonyl (C=O) groups is 2. The molecule has 0 saturated carbocycles. The van der Waals surface area contributed by atoms with Crippen molar-refractivity contribution < 1.29 is 14.3 Å². The summed E-state index contributed by atoms with van der Waals surface area (Å²) in [6.07, 6.45) is 6.25. The average molecular weight is 374 g/mol. The van der Waals surface area contributed by atoms with E-state index in [9.17, 15) is 9.59 Å². The van der Waals surface area contributed by atoms with Gasteiger partial charge in [-0.1, -0.05) is 42.5 Å². The lowest BCUT2D eigenvalue weighted by Crippen LogP contribution is -2.20. The van der Waals surface area contributed by atoms with Crippen LogP contribution in [0.25, 0.3) is 0 Å². The Hall–Kier alpha value is -3.21. The molecule has 0 amide bonds. The second kappa shape index (κ2) is 7.80. The van der Waals surface area contributed by atoms with Gasteiger partial charge < -0.3 is 4.74 Å². The number of hydrogen-bond acceptors (Lipinski definition) is 4. The molecule has 1 unspecified atom stereocenters. The molecule has 3 aromatic rings. The summed E-state index contributed by atoms with van der Waals surface area (Å²) in [5.74, 6) is 0.812. The standard InChI is InChI=1S/C23H22N2O3/c1-16(26)28-22-9-5-8-19-12-17(10-11-21(19)22)14-25-15-20(13-24-25)23(27)18-6-3-2-4-7-18/h2-9,13,15,17H,10-12,14H2,1H3. The number of hydrogen-bond donors (Lipinski definition) is 0. The summed E-state index contributed by atoms with van der Waals surface area (Å²) >= 11 is 0. The molecule has 0 fully saturated rings. The summed E-state index contributed by atoms with van der Waals surface area (Å²) in [6, 6.07) is 15.1. The van der Waals surface area contributed by atoms with Crippen molar-refractivity contribution in [1.82, 2.24) is 9.78 Å². The van der Waals surface area contributed by atoms with Gasteiger partial charge in [0.05, 0.1) is 11.8 Å². The van der Waals surface area contributed by atoms with Gasteiger partial charge >= 0.3 is 5.97 Å². The summed E-state index contributed by atoms with van der Waals surface area (Å²) in [6.45, 7) is 2.19. The number of ketones is 1. The second-order valence-electron chi connectivity index (χ2n) is 7.24. The zero-order chi connectivity index (χ0) is 19.5. The van der Waals surface area contributed by atoms with Crippen LogP contribution in [0.4, 0.5) is 0 Å². The van der Waals surface area contributed by atoms with Crippen LogP contribution < -0.4 is 4.74 Å². The van der Waals surface area contributed by atoms with E-state index in [-0.39, 0.29) is 11.8 Å². The zero-order valence-corrected chi connectivity index (χ0v) is 15.8. The van der Waals surface area contributed by atoms with Crippen molar-refractivity contribution in [1.29, 1.82) is 0 Å². The number of fused-ring (bicyclic) bond motifs is 1. The Labute approximate surface area is 164 Å². The van der Waals surface area contributed by atoms with Crippen LogP contribution in [0.15, 0.2) is 60.9 Å². The molecule has 0 saturated heterocycles. The first-order valence-electron chi connectivity index (χ1n) is 9.51. The third-order valence-electron chi connectivity index (χ3n) is 5.17. The van der Waals surface area contributed by atoms with Gasteiger partial charge in [-0.3, -0.25) is 14.3 Å². The number of nitrogens with zero attached hydrogens (tertiary/aromatic N) is 2. The molecule has 1 aliphatic carbocycles. The highest BCUT2D eigenvalue weighted by Crippen LogP contribution is 2.33. The number of rotatable bonds is 5. The summed E-state index contributed by atoms with van der Waals surface area (Å²) in [4.78, 5) is 23.8. The van der Waals surface area contributed by atoms with E-state index in [1.165, 1.54) is 12.5 Å². The second-order valence-corrected chi connectivity index (χ2v) is 7.24. The minimum absolute atomic E-state index is 0.00753. The molecule has 0 bridgehead atoms. The summed E-state index contributed by atoms with van der Waals surface area (Å²) in [5, 5.41) is 4.40. The smallest absolute Gasteiger partial charge is 0.308 e. The van der Waals surface area contributed by atoms with Crippen molar-refractivity contribution >= 4 is 11.8 Å². The van der Waals surface area contributed by atoms with E-state index in [1.54, 1.807) is 6.20 Å². The number of esters is 1. The van der Waals surface area contributed by atoms with Crippen LogP contribution in [-0.2, 0) is 24.2 Å². The van der Waals surface area contributed by atoms with E-state index in [0.717, 1.165) is 31.4 Å². The molecule has 142 valence electrons. The molecule has 1 aromatic heterocycles. The third kappa shape index (κ3) is 3.88. The fourth-order valence-electron chi connectivity index (χ4n) is 3.86. The van der Waals surface area contributed by atoms with E-state index in [1.807, 2.05) is 53.3 Å². The van der Waals surface area contributed by atoms with Gasteiger partial charge in [0.2, 0.25) is 0 Å². The molecular formula is C23H22N2O3. The van der Waals surface area contributed by atoms with Gasteiger partial charge in [-0.25, -0.2) is 0 Å². The molecule has 2 aromatic carbocycles. The van der Waals surface area contributed by atoms with E-state index in [4.69, 9.17) is 4.74 Å². The molecule has 1 aliphatic rings. The van der Waals surface area contributed by atoms with Gasteiger partial charge in [-0.15, -0.1) is 0 Å². The minimum Gasteiger partial charge on any atom is -0.426 e. The van der Waals surface area contributed by atoms with Gasteiger partial charge in [0, 0.05) is 25.2 Å². The van der Waals surface area contributed by atoms with Crippen LogP contribution in [0.5, 0.6) is 5.75 Å². The Morgan fingerprint density at radius 3 is 2.71 bits per heavy atom. The van der Waals surface area contributed by atoms with E-state index in [2.05, 4.69) is 11.2 Å². The topological polar surface area (TPSA) is 61.2 Å². The molecule has 1 atom stereocenters. The zero-order valence-electron chi connectivity index (χ0n) is 15.8. The number of carbonyl (C=O) groups excluding carboxylic acids is 2. The van der Waals surface area contributed by atoms with Gasteiger partial charge in [-0.05, 0) is 42.4 Å². The Kier molecular flexibility index (Phi) is 5.06. The van der Waals surface area contributed by atoms with Crippen LogP contribution in [0.1, 0.15) is 40.4 Å². The first kappa shape index (κ1) is 18.2. The van der Waals surface area contributed by atoms with Gasteiger partial charge in [0.25, 0.3) is 0 Å². The molecule has 5 heteroatoms. The Morgan fingerprint density at radius 2 is 1.93 bits per heavy atom. The van der Waals surface area contributed by atoms with Gasteiger partial charge in [0.15, 0.2) is 5.78 Å². The van der Waals surface area contributed by atoms with Crippen molar-refractivity contribution in [2.24, 2.45) is 5.92 Å². The molecule has 0 radical (unpaired) electrons. The fourth-order valence-corrected chi connectivity index (χ4v) is 3.86. The summed E-state index contributed by atoms with van der Waals surface area (Å²) < 4.78 is 7.21. The van der Waals surface area contributed by atoms with Gasteiger partial charge in [0.1, 0.15) is 5.75 Å². The maximum atomic E-state index is 12.5. The van der Waals surface area contributed by atoms with Crippen LogP contribution in [0, 0.1) is 5.92 Å². The van der Waals surface area contributed by atoms with Crippen molar-refractivity contribution in [3.05, 3.63) is 83.2 Å². The lowest BCUT2D eigenvalue weighted by molar-refractivity contribution is -0.131. The predicted molar refractivity (Wildman–Crippen MR) is 105 cm³/mol. The molecule has 0 N–H and O–H groups in total. The largest absolute Gasteiger partial charge is 0.426 e. The monoisotopic (exact) mass is 374 g/mol. The van der Waals surface area contributed by atoms with Crippen LogP contribution >= 0.6 is 0 Å². The maximum absolute atomic E-state index is 12.5. The van der Waals surface area contributed by atoms with Crippen LogP contribution in [-0.4, -0.2) is 21.5 Å². The van der Waals surface area contributed by atoms with E-state index >= 15 is 0 Å². The third-order valence-corrected chi connectivity index (χ3v) is 5.17. The lowest BCUT2D eigenvalue weighted by atomic mass is 9.83. The minimum atomic E-state index is -0.289. The number of benzene rings is 2. The highest BCUT2D eigenvalue weighted by molar-refractivity contribution is 6.08. The summed E-state index contributed by atoms with van der Waals surface area (Å²) in [7, 11) is 0. The summed E-state index contributed by atoms with van der Waals surface area (Å²) in [5.41, 5.74) is 3.64. The highest BCUT2D eigenvalue weighted by Gasteiger charge is 2.23. The van der Waals surface area contributed by atoms with E-state index < -0.39 is 0 Å². The Bertz CT molecular complexity index is 1010. The Morgan fingerprint density at radius 1 is 1.11 bits per heavy atom. The first-order valence-corrected chi connectivity index (χ1v) is 9.51. The highest BCUT2D eigenvalue weighted by atomic mass is 16.5. The van der Waals surface area contributed by atoms with Crippen molar-refractivity contribution in [2.45, 2.75) is 32.7 Å². The molecule has 28 heavy (non-hydrogen) atoms. The van der Waals surface area contributed by atoms with Crippen molar-refractivity contribution in [3.8, 4) is 5.75 Å². The van der Waals surface area contributed by atoms with Crippen LogP contribution in [0.2, 0.25) is 0 Å². The number of ether oxygens (including phenoxy) is 1. The molecule has 0 aliphatic heterocycles. The SMILES string of the molecule is CC(=O)Oc1cccc2c1CCC(Cn1cc(C(=O)c3ccccc3)cn1)C2. The fraction of sp³-hybridized carbons (Fsp3) is 0.261. The molecule has 1 heterocycles. The van der Waals surface area contributed by atoms with Crippen LogP contribution in [0.3, 0.4) is 0 Å². The number of aromatic nitrogens is 2. The predicted octanol–water partition coefficient (Wildman–Crippen LogP) is 3.84. The first-order chi connectivity index (χ1) is 13.6.